The average Bonchev–Trinajstić information content (AvgIpc) is 3.61. The van der Waals surface area contributed by atoms with Gasteiger partial charge in [0.2, 0.25) is 0 Å². The molecule has 0 N–H and O–H groups in total. The van der Waals surface area contributed by atoms with Gasteiger partial charge in [-0.3, -0.25) is 0 Å². The van der Waals surface area contributed by atoms with Crippen molar-refractivity contribution in [3.8, 4) is 79.4 Å². The molecule has 2 aromatic heterocycles. The van der Waals surface area contributed by atoms with Gasteiger partial charge in [0.1, 0.15) is 11.5 Å². The number of benzene rings is 8. The Morgan fingerprint density at radius 1 is 0.317 bits per heavy atom. The summed E-state index contributed by atoms with van der Waals surface area (Å²) in [5.41, 5.74) is 12.4. The molecular weight excluding hydrogens is 735 g/mol. The second-order valence-corrected chi connectivity index (χ2v) is 15.2. The van der Waals surface area contributed by atoms with Gasteiger partial charge >= 0.3 is 0 Å². The van der Waals surface area contributed by atoms with Crippen LogP contribution in [0.5, 0.6) is 11.5 Å². The fraction of sp³-hybridized carbons (Fsp3) is 0.0185. The molecule has 12 rings (SSSR count). The average molecular weight is 768 g/mol. The molecule has 0 fully saturated rings. The molecule has 0 bridgehead atoms. The first kappa shape index (κ1) is 34.0. The van der Waals surface area contributed by atoms with Gasteiger partial charge in [0.15, 0.2) is 23.3 Å². The van der Waals surface area contributed by atoms with Crippen molar-refractivity contribution in [2.45, 2.75) is 5.41 Å². The standard InChI is InChI=1S/C54H33N5O/c1-4-16-34(17-5-1)49-41-22-10-13-25-46(41)55-52(56-49)37-28-30-39-40-31-29-38(53-58-50(35-18-6-2-7-19-35)57-51(59-53)36-20-8-3-9-21-36)33-45(40)54(44(39)32-37)42-23-11-14-26-47(42)60-48-27-15-12-24-43(48)54/h1-33H. The van der Waals surface area contributed by atoms with Gasteiger partial charge in [-0.25, -0.2) is 24.9 Å². The molecule has 1 aliphatic heterocycles. The minimum atomic E-state index is -0.751. The molecule has 0 saturated carbocycles. The largest absolute Gasteiger partial charge is 0.457 e. The second kappa shape index (κ2) is 13.5. The van der Waals surface area contributed by atoms with Crippen LogP contribution in [0.15, 0.2) is 200 Å². The highest BCUT2D eigenvalue weighted by Gasteiger charge is 2.51. The molecule has 3 heterocycles. The minimum absolute atomic E-state index is 0.601. The van der Waals surface area contributed by atoms with Crippen LogP contribution >= 0.6 is 0 Å². The summed E-state index contributed by atoms with van der Waals surface area (Å²) in [5, 5.41) is 1.02. The van der Waals surface area contributed by atoms with Crippen LogP contribution in [0.2, 0.25) is 0 Å². The number of rotatable bonds is 5. The summed E-state index contributed by atoms with van der Waals surface area (Å²) >= 11 is 0. The van der Waals surface area contributed by atoms with E-state index >= 15 is 0 Å². The lowest BCUT2D eigenvalue weighted by Crippen LogP contribution is -2.32. The number of aromatic nitrogens is 5. The Morgan fingerprint density at radius 3 is 1.30 bits per heavy atom. The molecule has 60 heavy (non-hydrogen) atoms. The van der Waals surface area contributed by atoms with Gasteiger partial charge in [-0.2, -0.15) is 0 Å². The quantitative estimate of drug-likeness (QED) is 0.174. The first-order chi connectivity index (χ1) is 29.7. The molecule has 1 spiro atoms. The van der Waals surface area contributed by atoms with Gasteiger partial charge in [-0.05, 0) is 52.6 Å². The molecule has 1 aliphatic carbocycles. The summed E-state index contributed by atoms with van der Waals surface area (Å²) in [7, 11) is 0. The smallest absolute Gasteiger partial charge is 0.164 e. The van der Waals surface area contributed by atoms with E-state index in [1.165, 1.54) is 0 Å². The maximum absolute atomic E-state index is 6.71. The van der Waals surface area contributed by atoms with Crippen molar-refractivity contribution >= 4 is 10.9 Å². The van der Waals surface area contributed by atoms with E-state index in [0.29, 0.717) is 23.3 Å². The van der Waals surface area contributed by atoms with Crippen molar-refractivity contribution in [1.29, 1.82) is 0 Å². The molecule has 0 atom stereocenters. The van der Waals surface area contributed by atoms with E-state index in [1.807, 2.05) is 91.0 Å². The number of nitrogens with zero attached hydrogens (tertiary/aromatic N) is 5. The van der Waals surface area contributed by atoms with Crippen molar-refractivity contribution in [1.82, 2.24) is 24.9 Å². The molecule has 0 unspecified atom stereocenters. The molecule has 6 nitrogen and oxygen atoms in total. The third-order valence-corrected chi connectivity index (χ3v) is 11.8. The Morgan fingerprint density at radius 2 is 0.750 bits per heavy atom. The van der Waals surface area contributed by atoms with E-state index < -0.39 is 5.41 Å². The van der Waals surface area contributed by atoms with E-state index in [-0.39, 0.29) is 0 Å². The number of hydrogen-bond acceptors (Lipinski definition) is 6. The van der Waals surface area contributed by atoms with Crippen LogP contribution in [-0.2, 0) is 5.41 Å². The zero-order chi connectivity index (χ0) is 39.6. The normalized spacial score (nSPS) is 12.9. The number of ether oxygens (including phenoxy) is 1. The van der Waals surface area contributed by atoms with Crippen LogP contribution in [0.4, 0.5) is 0 Å². The summed E-state index contributed by atoms with van der Waals surface area (Å²) in [6, 6.07) is 69.0. The van der Waals surface area contributed by atoms with E-state index in [2.05, 4.69) is 109 Å². The molecule has 0 radical (unpaired) electrons. The zero-order valence-electron chi connectivity index (χ0n) is 32.2. The van der Waals surface area contributed by atoms with E-state index in [4.69, 9.17) is 29.7 Å². The maximum atomic E-state index is 6.71. The molecule has 0 amide bonds. The first-order valence-corrected chi connectivity index (χ1v) is 20.1. The first-order valence-electron chi connectivity index (χ1n) is 20.1. The SMILES string of the molecule is c1ccc(-c2nc(-c3ccccc3)nc(-c3ccc4c(c3)C3(c5ccccc5Oc5ccccc53)c3cc(-c5nc(-c6ccccc6)c6ccccc6n5)ccc3-4)n2)cc1. The predicted molar refractivity (Wildman–Crippen MR) is 237 cm³/mol. The fourth-order valence-electron chi connectivity index (χ4n) is 9.14. The van der Waals surface area contributed by atoms with E-state index in [0.717, 1.165) is 89.3 Å². The van der Waals surface area contributed by atoms with Crippen molar-refractivity contribution in [3.63, 3.8) is 0 Å². The second-order valence-electron chi connectivity index (χ2n) is 15.2. The lowest BCUT2D eigenvalue weighted by molar-refractivity contribution is 0.436. The Labute approximate surface area is 346 Å². The van der Waals surface area contributed by atoms with Crippen molar-refractivity contribution in [2.24, 2.45) is 0 Å². The highest BCUT2D eigenvalue weighted by atomic mass is 16.5. The third-order valence-electron chi connectivity index (χ3n) is 11.8. The van der Waals surface area contributed by atoms with Crippen molar-refractivity contribution in [2.75, 3.05) is 0 Å². The van der Waals surface area contributed by atoms with Crippen molar-refractivity contribution in [3.05, 3.63) is 222 Å². The van der Waals surface area contributed by atoms with Gasteiger partial charge in [0.25, 0.3) is 0 Å². The van der Waals surface area contributed by atoms with Gasteiger partial charge < -0.3 is 4.74 Å². The highest BCUT2D eigenvalue weighted by molar-refractivity contribution is 5.95. The van der Waals surface area contributed by atoms with E-state index in [9.17, 15) is 0 Å². The van der Waals surface area contributed by atoms with Crippen LogP contribution in [0.3, 0.4) is 0 Å². The molecule has 8 aromatic carbocycles. The van der Waals surface area contributed by atoms with Gasteiger partial charge in [-0.15, -0.1) is 0 Å². The summed E-state index contributed by atoms with van der Waals surface area (Å²) in [5.74, 6) is 4.14. The van der Waals surface area contributed by atoms with Crippen LogP contribution in [-0.4, -0.2) is 24.9 Å². The van der Waals surface area contributed by atoms with Crippen LogP contribution < -0.4 is 4.74 Å². The lowest BCUT2D eigenvalue weighted by Gasteiger charge is -2.39. The Bertz CT molecular complexity index is 3190. The molecule has 6 heteroatoms. The fourth-order valence-corrected chi connectivity index (χ4v) is 9.14. The summed E-state index contributed by atoms with van der Waals surface area (Å²) in [6.45, 7) is 0. The molecular formula is C54H33N5O. The third kappa shape index (κ3) is 5.24. The van der Waals surface area contributed by atoms with Gasteiger partial charge in [0, 0.05) is 44.3 Å². The van der Waals surface area contributed by atoms with Gasteiger partial charge in [-0.1, -0.05) is 170 Å². The Hall–Kier alpha value is -8.09. The zero-order valence-corrected chi connectivity index (χ0v) is 32.2. The Kier molecular flexibility index (Phi) is 7.65. The molecule has 2 aliphatic rings. The predicted octanol–water partition coefficient (Wildman–Crippen LogP) is 12.6. The van der Waals surface area contributed by atoms with Gasteiger partial charge in [0.05, 0.1) is 16.6 Å². The maximum Gasteiger partial charge on any atom is 0.164 e. The van der Waals surface area contributed by atoms with Crippen LogP contribution in [0, 0.1) is 0 Å². The summed E-state index contributed by atoms with van der Waals surface area (Å²) in [4.78, 5) is 25.8. The van der Waals surface area contributed by atoms with Crippen LogP contribution in [0.1, 0.15) is 22.3 Å². The monoisotopic (exact) mass is 767 g/mol. The molecule has 10 aromatic rings. The number of fused-ring (bicyclic) bond motifs is 10. The number of hydrogen-bond donors (Lipinski definition) is 0. The number of para-hydroxylation sites is 3. The summed E-state index contributed by atoms with van der Waals surface area (Å²) in [6.07, 6.45) is 0. The van der Waals surface area contributed by atoms with Crippen LogP contribution in [0.25, 0.3) is 78.8 Å². The highest BCUT2D eigenvalue weighted by Crippen LogP contribution is 2.62. The lowest BCUT2D eigenvalue weighted by atomic mass is 9.65. The Balaban J connectivity index is 1.11. The van der Waals surface area contributed by atoms with Crippen molar-refractivity contribution < 1.29 is 4.74 Å². The molecule has 280 valence electrons. The van der Waals surface area contributed by atoms with E-state index in [1.54, 1.807) is 0 Å². The summed E-state index contributed by atoms with van der Waals surface area (Å²) < 4.78 is 6.71. The minimum Gasteiger partial charge on any atom is -0.457 e. The topological polar surface area (TPSA) is 73.7 Å². The molecule has 0 saturated heterocycles.